The Kier molecular flexibility index (Phi) is 3.59. The van der Waals surface area contributed by atoms with Gasteiger partial charge in [0.2, 0.25) is 0 Å². The number of halogens is 1. The summed E-state index contributed by atoms with van der Waals surface area (Å²) in [4.78, 5) is 0. The lowest BCUT2D eigenvalue weighted by molar-refractivity contribution is 0.308. The minimum Gasteiger partial charge on any atom is -0.324 e. The van der Waals surface area contributed by atoms with Gasteiger partial charge in [0.1, 0.15) is 5.82 Å². The first-order valence-electron chi connectivity index (χ1n) is 6.20. The highest BCUT2D eigenvalue weighted by Gasteiger charge is 2.22. The van der Waals surface area contributed by atoms with Gasteiger partial charge in [0.25, 0.3) is 0 Å². The second kappa shape index (κ2) is 4.96. The Morgan fingerprint density at radius 3 is 2.56 bits per heavy atom. The van der Waals surface area contributed by atoms with Gasteiger partial charge in [-0.3, -0.25) is 0 Å². The fraction of sp³-hybridized carbons (Fsp3) is 0.571. The first kappa shape index (κ1) is 11.6. The van der Waals surface area contributed by atoms with E-state index in [-0.39, 0.29) is 11.9 Å². The quantitative estimate of drug-likeness (QED) is 0.809. The summed E-state index contributed by atoms with van der Waals surface area (Å²) in [6, 6.07) is 5.41. The second-order valence-electron chi connectivity index (χ2n) is 4.93. The molecule has 1 atom stereocenters. The van der Waals surface area contributed by atoms with Crippen LogP contribution >= 0.6 is 0 Å². The van der Waals surface area contributed by atoms with E-state index < -0.39 is 0 Å². The van der Waals surface area contributed by atoms with Gasteiger partial charge in [-0.05, 0) is 42.9 Å². The van der Waals surface area contributed by atoms with Crippen molar-refractivity contribution in [3.63, 3.8) is 0 Å². The summed E-state index contributed by atoms with van der Waals surface area (Å²) >= 11 is 0. The predicted octanol–water partition coefficient (Wildman–Crippen LogP) is 3.71. The van der Waals surface area contributed by atoms with Gasteiger partial charge in [0.05, 0.1) is 0 Å². The van der Waals surface area contributed by atoms with Gasteiger partial charge in [0, 0.05) is 6.04 Å². The number of aryl methyl sites for hydroxylation is 1. The highest BCUT2D eigenvalue weighted by molar-refractivity contribution is 5.26. The van der Waals surface area contributed by atoms with Crippen LogP contribution in [0.25, 0.3) is 0 Å². The normalized spacial score (nSPS) is 19.7. The molecule has 0 bridgehead atoms. The Bertz CT molecular complexity index is 356. The molecule has 1 fully saturated rings. The monoisotopic (exact) mass is 221 g/mol. The smallest absolute Gasteiger partial charge is 0.126 e. The van der Waals surface area contributed by atoms with E-state index in [2.05, 4.69) is 0 Å². The summed E-state index contributed by atoms with van der Waals surface area (Å²) in [5.74, 6) is 0.402. The Morgan fingerprint density at radius 2 is 1.94 bits per heavy atom. The van der Waals surface area contributed by atoms with Gasteiger partial charge in [0.15, 0.2) is 0 Å². The van der Waals surface area contributed by atoms with Crippen molar-refractivity contribution in [2.24, 2.45) is 11.7 Å². The Labute approximate surface area is 96.9 Å². The number of benzene rings is 1. The SMILES string of the molecule is Cc1ccc([C@@H](N)C2CCCCC2)cc1F. The van der Waals surface area contributed by atoms with Gasteiger partial charge < -0.3 is 5.73 Å². The number of hydrogen-bond donors (Lipinski definition) is 1. The molecule has 2 heteroatoms. The topological polar surface area (TPSA) is 26.0 Å². The van der Waals surface area contributed by atoms with E-state index in [9.17, 15) is 4.39 Å². The zero-order chi connectivity index (χ0) is 11.5. The molecule has 1 aromatic carbocycles. The first-order valence-corrected chi connectivity index (χ1v) is 6.20. The fourth-order valence-electron chi connectivity index (χ4n) is 2.58. The van der Waals surface area contributed by atoms with E-state index in [4.69, 9.17) is 5.73 Å². The van der Waals surface area contributed by atoms with E-state index in [0.29, 0.717) is 11.5 Å². The zero-order valence-electron chi connectivity index (χ0n) is 9.88. The standard InChI is InChI=1S/C14H20FN/c1-10-7-8-12(9-13(10)15)14(16)11-5-3-2-4-6-11/h7-9,11,14H,2-6,16H2,1H3/t14-/m0/s1. The first-order chi connectivity index (χ1) is 7.68. The number of rotatable bonds is 2. The molecule has 1 aliphatic carbocycles. The molecule has 1 aromatic rings. The lowest BCUT2D eigenvalue weighted by Gasteiger charge is -2.27. The molecule has 0 aliphatic heterocycles. The second-order valence-corrected chi connectivity index (χ2v) is 4.93. The van der Waals surface area contributed by atoms with Crippen LogP contribution < -0.4 is 5.73 Å². The minimum atomic E-state index is -0.135. The van der Waals surface area contributed by atoms with Gasteiger partial charge in [-0.2, -0.15) is 0 Å². The van der Waals surface area contributed by atoms with E-state index in [0.717, 1.165) is 5.56 Å². The molecule has 1 aliphatic rings. The van der Waals surface area contributed by atoms with Crippen LogP contribution in [-0.2, 0) is 0 Å². The van der Waals surface area contributed by atoms with Crippen LogP contribution in [0.3, 0.4) is 0 Å². The lowest BCUT2D eigenvalue weighted by atomic mass is 9.81. The predicted molar refractivity (Wildman–Crippen MR) is 64.6 cm³/mol. The number of nitrogens with two attached hydrogens (primary N) is 1. The summed E-state index contributed by atoms with van der Waals surface area (Å²) in [5.41, 5.74) is 7.87. The third-order valence-corrected chi connectivity index (χ3v) is 3.74. The molecule has 16 heavy (non-hydrogen) atoms. The molecule has 1 saturated carbocycles. The van der Waals surface area contributed by atoms with Gasteiger partial charge >= 0.3 is 0 Å². The highest BCUT2D eigenvalue weighted by atomic mass is 19.1. The molecule has 0 radical (unpaired) electrons. The van der Waals surface area contributed by atoms with Crippen LogP contribution in [-0.4, -0.2) is 0 Å². The Hall–Kier alpha value is -0.890. The van der Waals surface area contributed by atoms with Crippen molar-refractivity contribution in [3.8, 4) is 0 Å². The van der Waals surface area contributed by atoms with Crippen LogP contribution in [0.15, 0.2) is 18.2 Å². The molecule has 1 nitrogen and oxygen atoms in total. The van der Waals surface area contributed by atoms with Crippen LogP contribution in [0.2, 0.25) is 0 Å². The molecule has 0 heterocycles. The average Bonchev–Trinajstić information content (AvgIpc) is 2.33. The van der Waals surface area contributed by atoms with Crippen molar-refractivity contribution in [3.05, 3.63) is 35.1 Å². The van der Waals surface area contributed by atoms with Crippen molar-refractivity contribution >= 4 is 0 Å². The number of hydrogen-bond acceptors (Lipinski definition) is 1. The molecule has 2 rings (SSSR count). The summed E-state index contributed by atoms with van der Waals surface area (Å²) in [5, 5.41) is 0. The molecule has 0 spiro atoms. The molecular weight excluding hydrogens is 201 g/mol. The van der Waals surface area contributed by atoms with Crippen molar-refractivity contribution in [1.82, 2.24) is 0 Å². The molecule has 0 unspecified atom stereocenters. The third-order valence-electron chi connectivity index (χ3n) is 3.74. The largest absolute Gasteiger partial charge is 0.324 e. The molecule has 88 valence electrons. The van der Waals surface area contributed by atoms with Gasteiger partial charge in [-0.25, -0.2) is 4.39 Å². The van der Waals surface area contributed by atoms with Crippen LogP contribution in [0.5, 0.6) is 0 Å². The van der Waals surface area contributed by atoms with Crippen molar-refractivity contribution in [2.75, 3.05) is 0 Å². The summed E-state index contributed by atoms with van der Waals surface area (Å²) in [6.07, 6.45) is 6.25. The van der Waals surface area contributed by atoms with Crippen molar-refractivity contribution in [1.29, 1.82) is 0 Å². The van der Waals surface area contributed by atoms with Crippen LogP contribution in [0, 0.1) is 18.7 Å². The third kappa shape index (κ3) is 2.43. The Morgan fingerprint density at radius 1 is 1.25 bits per heavy atom. The average molecular weight is 221 g/mol. The van der Waals surface area contributed by atoms with Gasteiger partial charge in [-0.15, -0.1) is 0 Å². The van der Waals surface area contributed by atoms with E-state index >= 15 is 0 Å². The van der Waals surface area contributed by atoms with E-state index in [1.54, 1.807) is 13.0 Å². The highest BCUT2D eigenvalue weighted by Crippen LogP contribution is 2.33. The van der Waals surface area contributed by atoms with E-state index in [1.807, 2.05) is 12.1 Å². The maximum atomic E-state index is 13.5. The molecule has 0 saturated heterocycles. The van der Waals surface area contributed by atoms with Crippen molar-refractivity contribution < 1.29 is 4.39 Å². The summed E-state index contributed by atoms with van der Waals surface area (Å²) < 4.78 is 13.5. The van der Waals surface area contributed by atoms with Crippen LogP contribution in [0.4, 0.5) is 4.39 Å². The van der Waals surface area contributed by atoms with Gasteiger partial charge in [-0.1, -0.05) is 31.4 Å². The fourth-order valence-corrected chi connectivity index (χ4v) is 2.58. The zero-order valence-corrected chi connectivity index (χ0v) is 9.88. The summed E-state index contributed by atoms with van der Waals surface area (Å²) in [7, 11) is 0. The maximum Gasteiger partial charge on any atom is 0.126 e. The molecule has 0 aromatic heterocycles. The van der Waals surface area contributed by atoms with Crippen LogP contribution in [0.1, 0.15) is 49.3 Å². The minimum absolute atomic E-state index is 0.00963. The molecule has 0 amide bonds. The molecular formula is C14H20FN. The van der Waals surface area contributed by atoms with Crippen molar-refractivity contribution in [2.45, 2.75) is 45.1 Å². The lowest BCUT2D eigenvalue weighted by Crippen LogP contribution is -2.23. The van der Waals surface area contributed by atoms with E-state index in [1.165, 1.54) is 32.1 Å². The molecule has 2 N–H and O–H groups in total. The Balaban J connectivity index is 2.12. The maximum absolute atomic E-state index is 13.5. The summed E-state index contributed by atoms with van der Waals surface area (Å²) in [6.45, 7) is 1.78.